The number of nitrogens with one attached hydrogen (secondary N) is 3. The van der Waals surface area contributed by atoms with Crippen molar-refractivity contribution in [1.82, 2.24) is 25.0 Å². The number of sulfonamides is 1. The molecule has 1 aliphatic heterocycles. The molecule has 1 fully saturated rings. The summed E-state index contributed by atoms with van der Waals surface area (Å²) in [7, 11) is -3.40. The second kappa shape index (κ2) is 12.5. The fourth-order valence-corrected chi connectivity index (χ4v) is 5.42. The molecule has 41 heavy (non-hydrogen) atoms. The number of anilines is 3. The van der Waals surface area contributed by atoms with Crippen molar-refractivity contribution >= 4 is 67.5 Å². The number of fused-ring (bicyclic) bond motifs is 1. The van der Waals surface area contributed by atoms with Crippen LogP contribution in [0.2, 0.25) is 10.0 Å². The number of rotatable bonds is 9. The molecule has 5 rings (SSSR count). The number of hydrogen-bond acceptors (Lipinski definition) is 9. The standard InChI is InChI=1S/C27H27Cl2N7O4S/c1-41(38,39)32-10-9-30-26(37)24-20(23-21(28)3-2-4-22(23)29)15-17-16-31-27(35-25(17)34-24)33-18-5-7-19(8-6-18)36-11-13-40-14-12-36/h2-8,15-16,32H,9-14H2,1H3,(H,30,37)(H,31,33,34,35). The van der Waals surface area contributed by atoms with E-state index in [4.69, 9.17) is 27.9 Å². The number of morpholine rings is 1. The third-order valence-electron chi connectivity index (χ3n) is 6.29. The van der Waals surface area contributed by atoms with Crippen molar-refractivity contribution in [3.05, 3.63) is 70.5 Å². The van der Waals surface area contributed by atoms with E-state index in [2.05, 4.69) is 35.2 Å². The molecule has 0 unspecified atom stereocenters. The number of benzene rings is 2. The van der Waals surface area contributed by atoms with Crippen LogP contribution in [-0.2, 0) is 14.8 Å². The van der Waals surface area contributed by atoms with Crippen LogP contribution in [0.25, 0.3) is 22.2 Å². The third-order valence-corrected chi connectivity index (χ3v) is 7.65. The lowest BCUT2D eigenvalue weighted by molar-refractivity contribution is 0.0950. The molecule has 2 aromatic heterocycles. The minimum Gasteiger partial charge on any atom is -0.378 e. The monoisotopic (exact) mass is 615 g/mol. The smallest absolute Gasteiger partial charge is 0.270 e. The first-order valence-electron chi connectivity index (χ1n) is 12.7. The quantitative estimate of drug-likeness (QED) is 0.239. The van der Waals surface area contributed by atoms with Gasteiger partial charge in [-0.05, 0) is 42.5 Å². The molecular formula is C27H27Cl2N7O4S. The zero-order valence-electron chi connectivity index (χ0n) is 22.0. The number of halogens is 2. The summed E-state index contributed by atoms with van der Waals surface area (Å²) in [5.41, 5.74) is 3.03. The van der Waals surface area contributed by atoms with Crippen LogP contribution in [0.4, 0.5) is 17.3 Å². The number of ether oxygens (including phenoxy) is 1. The van der Waals surface area contributed by atoms with Gasteiger partial charge in [0.15, 0.2) is 5.65 Å². The molecule has 1 saturated heterocycles. The average molecular weight is 617 g/mol. The summed E-state index contributed by atoms with van der Waals surface area (Å²) in [6.45, 7) is 3.16. The van der Waals surface area contributed by atoms with Gasteiger partial charge in [-0.2, -0.15) is 4.98 Å². The highest BCUT2D eigenvalue weighted by molar-refractivity contribution is 7.88. The van der Waals surface area contributed by atoms with Crippen LogP contribution in [0.1, 0.15) is 10.5 Å². The van der Waals surface area contributed by atoms with Crippen molar-refractivity contribution in [2.45, 2.75) is 0 Å². The first-order chi connectivity index (χ1) is 19.7. The lowest BCUT2D eigenvalue weighted by atomic mass is 10.0. The fourth-order valence-electron chi connectivity index (χ4n) is 4.34. The number of carbonyl (C=O) groups excluding carboxylic acids is 1. The average Bonchev–Trinajstić information content (AvgIpc) is 2.95. The maximum Gasteiger partial charge on any atom is 0.270 e. The van der Waals surface area contributed by atoms with Gasteiger partial charge in [0, 0.05) is 70.3 Å². The number of aromatic nitrogens is 3. The maximum absolute atomic E-state index is 13.3. The fraction of sp³-hybridized carbons (Fsp3) is 0.259. The molecule has 0 spiro atoms. The summed E-state index contributed by atoms with van der Waals surface area (Å²) in [5.74, 6) is -0.239. The second-order valence-electron chi connectivity index (χ2n) is 9.28. The number of hydrogen-bond donors (Lipinski definition) is 3. The Morgan fingerprint density at radius 1 is 1.02 bits per heavy atom. The first-order valence-corrected chi connectivity index (χ1v) is 15.4. The van der Waals surface area contributed by atoms with Crippen LogP contribution >= 0.6 is 23.2 Å². The first kappa shape index (κ1) is 29.0. The van der Waals surface area contributed by atoms with Crippen molar-refractivity contribution in [3.8, 4) is 11.1 Å². The largest absolute Gasteiger partial charge is 0.378 e. The molecule has 0 bridgehead atoms. The highest BCUT2D eigenvalue weighted by Gasteiger charge is 2.21. The van der Waals surface area contributed by atoms with Gasteiger partial charge in [0.1, 0.15) is 5.69 Å². The van der Waals surface area contributed by atoms with Crippen LogP contribution < -0.4 is 20.3 Å². The highest BCUT2D eigenvalue weighted by Crippen LogP contribution is 2.37. The van der Waals surface area contributed by atoms with Gasteiger partial charge in [-0.25, -0.2) is 23.1 Å². The van der Waals surface area contributed by atoms with E-state index in [9.17, 15) is 13.2 Å². The normalized spacial score (nSPS) is 13.8. The van der Waals surface area contributed by atoms with Crippen LogP contribution in [0.3, 0.4) is 0 Å². The third kappa shape index (κ3) is 7.21. The Bertz CT molecular complexity index is 1660. The molecule has 4 aromatic rings. The summed E-state index contributed by atoms with van der Waals surface area (Å²) in [6.07, 6.45) is 2.65. The molecule has 3 heterocycles. The van der Waals surface area contributed by atoms with Crippen molar-refractivity contribution in [3.63, 3.8) is 0 Å². The van der Waals surface area contributed by atoms with Gasteiger partial charge in [0.05, 0.1) is 19.5 Å². The van der Waals surface area contributed by atoms with Crippen molar-refractivity contribution < 1.29 is 17.9 Å². The summed E-state index contributed by atoms with van der Waals surface area (Å²) in [5, 5.41) is 7.12. The molecule has 1 aliphatic rings. The summed E-state index contributed by atoms with van der Waals surface area (Å²) in [6, 6.07) is 14.7. The molecule has 3 N–H and O–H groups in total. The van der Waals surface area contributed by atoms with Crippen molar-refractivity contribution in [1.29, 1.82) is 0 Å². The predicted octanol–water partition coefficient (Wildman–Crippen LogP) is 3.86. The number of carbonyl (C=O) groups is 1. The molecular weight excluding hydrogens is 589 g/mol. The van der Waals surface area contributed by atoms with Gasteiger partial charge in [-0.1, -0.05) is 29.3 Å². The van der Waals surface area contributed by atoms with Gasteiger partial charge in [0.25, 0.3) is 5.91 Å². The Morgan fingerprint density at radius 3 is 2.41 bits per heavy atom. The lowest BCUT2D eigenvalue weighted by Crippen LogP contribution is -2.36. The summed E-state index contributed by atoms with van der Waals surface area (Å²) >= 11 is 12.9. The maximum atomic E-state index is 13.3. The van der Waals surface area contributed by atoms with E-state index in [0.29, 0.717) is 45.7 Å². The van der Waals surface area contributed by atoms with E-state index in [1.165, 1.54) is 0 Å². The Morgan fingerprint density at radius 2 is 1.73 bits per heavy atom. The number of pyridine rings is 1. The van der Waals surface area contributed by atoms with E-state index in [-0.39, 0.29) is 24.4 Å². The van der Waals surface area contributed by atoms with Gasteiger partial charge < -0.3 is 20.3 Å². The lowest BCUT2D eigenvalue weighted by Gasteiger charge is -2.28. The predicted molar refractivity (Wildman–Crippen MR) is 161 cm³/mol. The Hall–Kier alpha value is -3.55. The molecule has 14 heteroatoms. The summed E-state index contributed by atoms with van der Waals surface area (Å²) in [4.78, 5) is 29.0. The minimum atomic E-state index is -3.40. The molecule has 0 aliphatic carbocycles. The Balaban J connectivity index is 1.44. The van der Waals surface area contributed by atoms with E-state index in [1.54, 1.807) is 30.5 Å². The molecule has 1 amide bonds. The van der Waals surface area contributed by atoms with Crippen molar-refractivity contribution in [2.75, 3.05) is 55.9 Å². The Labute approximate surface area is 247 Å². The molecule has 2 aromatic carbocycles. The number of amides is 1. The molecule has 0 atom stereocenters. The highest BCUT2D eigenvalue weighted by atomic mass is 35.5. The number of nitrogens with zero attached hydrogens (tertiary/aromatic N) is 4. The molecule has 0 radical (unpaired) electrons. The minimum absolute atomic E-state index is 0.0148. The molecule has 214 valence electrons. The van der Waals surface area contributed by atoms with Crippen LogP contribution in [0, 0.1) is 0 Å². The van der Waals surface area contributed by atoms with E-state index >= 15 is 0 Å². The SMILES string of the molecule is CS(=O)(=O)NCCNC(=O)c1nc2nc(Nc3ccc(N4CCOCC4)cc3)ncc2cc1-c1c(Cl)cccc1Cl. The van der Waals surface area contributed by atoms with Crippen LogP contribution in [0.5, 0.6) is 0 Å². The molecule has 11 nitrogen and oxygen atoms in total. The van der Waals surface area contributed by atoms with Gasteiger partial charge in [-0.15, -0.1) is 0 Å². The van der Waals surface area contributed by atoms with E-state index < -0.39 is 15.9 Å². The Kier molecular flexibility index (Phi) is 8.85. The van der Waals surface area contributed by atoms with E-state index in [0.717, 1.165) is 30.7 Å². The van der Waals surface area contributed by atoms with Crippen LogP contribution in [-0.4, -0.2) is 74.9 Å². The molecule has 0 saturated carbocycles. The van der Waals surface area contributed by atoms with Gasteiger partial charge in [0.2, 0.25) is 16.0 Å². The van der Waals surface area contributed by atoms with Crippen molar-refractivity contribution in [2.24, 2.45) is 0 Å². The van der Waals surface area contributed by atoms with Crippen LogP contribution in [0.15, 0.2) is 54.7 Å². The second-order valence-corrected chi connectivity index (χ2v) is 11.9. The summed E-state index contributed by atoms with van der Waals surface area (Å²) < 4.78 is 30.5. The zero-order chi connectivity index (χ0) is 29.0. The topological polar surface area (TPSA) is 138 Å². The zero-order valence-corrected chi connectivity index (χ0v) is 24.4. The van der Waals surface area contributed by atoms with Gasteiger partial charge >= 0.3 is 0 Å². The van der Waals surface area contributed by atoms with E-state index in [1.807, 2.05) is 24.3 Å². The van der Waals surface area contributed by atoms with Gasteiger partial charge in [-0.3, -0.25) is 4.79 Å².